The van der Waals surface area contributed by atoms with E-state index in [-0.39, 0.29) is 11.9 Å². The minimum absolute atomic E-state index is 0.159. The number of furan rings is 1. The summed E-state index contributed by atoms with van der Waals surface area (Å²) in [5.74, 6) is 0.963. The van der Waals surface area contributed by atoms with E-state index in [9.17, 15) is 4.79 Å². The highest BCUT2D eigenvalue weighted by molar-refractivity contribution is 5.89. The van der Waals surface area contributed by atoms with Gasteiger partial charge in [0.05, 0.1) is 12.7 Å². The van der Waals surface area contributed by atoms with Crippen molar-refractivity contribution in [2.45, 2.75) is 52.3 Å². The van der Waals surface area contributed by atoms with Gasteiger partial charge < -0.3 is 30.4 Å². The summed E-state index contributed by atoms with van der Waals surface area (Å²) in [6.45, 7) is 11.2. The van der Waals surface area contributed by atoms with Crippen LogP contribution >= 0.6 is 0 Å². The van der Waals surface area contributed by atoms with Gasteiger partial charge in [-0.25, -0.2) is 4.99 Å². The molecule has 0 aliphatic carbocycles. The van der Waals surface area contributed by atoms with Crippen LogP contribution in [0.5, 0.6) is 0 Å². The molecule has 152 valence electrons. The number of nitrogens with two attached hydrogens (primary N) is 1. The van der Waals surface area contributed by atoms with Crippen molar-refractivity contribution in [1.82, 2.24) is 15.5 Å². The highest BCUT2D eigenvalue weighted by Crippen LogP contribution is 2.11. The monoisotopic (exact) mass is 379 g/mol. The van der Waals surface area contributed by atoms with Crippen LogP contribution in [0.1, 0.15) is 49.9 Å². The van der Waals surface area contributed by atoms with Gasteiger partial charge in [0.2, 0.25) is 0 Å². The lowest BCUT2D eigenvalue weighted by molar-refractivity contribution is 0.0532. The van der Waals surface area contributed by atoms with E-state index in [1.54, 1.807) is 12.1 Å². The van der Waals surface area contributed by atoms with Crippen LogP contribution in [-0.2, 0) is 11.3 Å². The van der Waals surface area contributed by atoms with Crippen LogP contribution in [0.3, 0.4) is 0 Å². The zero-order chi connectivity index (χ0) is 19.6. The Hall–Kier alpha value is -2.06. The van der Waals surface area contributed by atoms with E-state index in [0.29, 0.717) is 18.3 Å². The number of nitrogens with zero attached hydrogens (tertiary/aromatic N) is 2. The molecular weight excluding hydrogens is 346 g/mol. The first kappa shape index (κ1) is 21.2. The summed E-state index contributed by atoms with van der Waals surface area (Å²) in [7, 11) is 0. The Labute approximate surface area is 161 Å². The molecule has 0 saturated carbocycles. The fraction of sp³-hybridized carbons (Fsp3) is 0.684. The number of primary amides is 1. The normalized spacial score (nSPS) is 16.7. The van der Waals surface area contributed by atoms with Gasteiger partial charge in [0.15, 0.2) is 11.7 Å². The van der Waals surface area contributed by atoms with Gasteiger partial charge in [-0.2, -0.15) is 0 Å². The number of rotatable bonds is 9. The Balaban J connectivity index is 1.79. The van der Waals surface area contributed by atoms with Crippen molar-refractivity contribution in [3.05, 3.63) is 23.7 Å². The number of hydrogen-bond donors (Lipinski definition) is 3. The third kappa shape index (κ3) is 7.60. The zero-order valence-corrected chi connectivity index (χ0v) is 16.7. The Bertz CT molecular complexity index is 606. The topological polar surface area (TPSA) is 105 Å². The molecule has 0 aromatic carbocycles. The summed E-state index contributed by atoms with van der Waals surface area (Å²) in [5.41, 5.74) is 5.21. The van der Waals surface area contributed by atoms with Gasteiger partial charge >= 0.3 is 0 Å². The van der Waals surface area contributed by atoms with Crippen LogP contribution < -0.4 is 16.4 Å². The number of guanidine groups is 1. The van der Waals surface area contributed by atoms with Crippen molar-refractivity contribution in [3.63, 3.8) is 0 Å². The molecule has 4 N–H and O–H groups in total. The molecule has 2 heterocycles. The van der Waals surface area contributed by atoms with Crippen LogP contribution in [0.15, 0.2) is 21.5 Å². The number of carbonyl (C=O) groups excluding carboxylic acids is 1. The lowest BCUT2D eigenvalue weighted by Crippen LogP contribution is -2.49. The average molecular weight is 380 g/mol. The number of likely N-dealkylation sites (tertiary alicyclic amines) is 1. The van der Waals surface area contributed by atoms with E-state index in [1.165, 1.54) is 0 Å². The van der Waals surface area contributed by atoms with Gasteiger partial charge in [0, 0.05) is 32.2 Å². The van der Waals surface area contributed by atoms with E-state index >= 15 is 0 Å². The molecule has 0 radical (unpaired) electrons. The number of hydrogen-bond acceptors (Lipinski definition) is 5. The molecule has 0 spiro atoms. The van der Waals surface area contributed by atoms with Crippen molar-refractivity contribution in [3.8, 4) is 0 Å². The van der Waals surface area contributed by atoms with Crippen molar-refractivity contribution < 1.29 is 13.9 Å². The molecule has 8 heteroatoms. The maximum atomic E-state index is 11.1. The fourth-order valence-corrected chi connectivity index (χ4v) is 2.98. The Morgan fingerprint density at radius 2 is 2.15 bits per heavy atom. The highest BCUT2D eigenvalue weighted by atomic mass is 16.5. The molecule has 0 bridgehead atoms. The fourth-order valence-electron chi connectivity index (χ4n) is 2.98. The first-order valence-electron chi connectivity index (χ1n) is 9.75. The van der Waals surface area contributed by atoms with Crippen molar-refractivity contribution in [2.75, 3.05) is 32.8 Å². The third-order valence-corrected chi connectivity index (χ3v) is 4.43. The quantitative estimate of drug-likeness (QED) is 0.441. The van der Waals surface area contributed by atoms with Crippen molar-refractivity contribution in [1.29, 1.82) is 0 Å². The number of nitrogens with one attached hydrogen (secondary N) is 2. The molecule has 1 saturated heterocycles. The summed E-state index contributed by atoms with van der Waals surface area (Å²) in [6.07, 6.45) is 2.42. The van der Waals surface area contributed by atoms with Crippen LogP contribution in [0, 0.1) is 0 Å². The minimum atomic E-state index is -0.569. The van der Waals surface area contributed by atoms with E-state index in [4.69, 9.17) is 14.9 Å². The number of carbonyl (C=O) groups is 1. The van der Waals surface area contributed by atoms with Crippen LogP contribution in [0.4, 0.5) is 0 Å². The van der Waals surface area contributed by atoms with Crippen LogP contribution in [0.2, 0.25) is 0 Å². The molecule has 8 nitrogen and oxygen atoms in total. The largest absolute Gasteiger partial charge is 0.454 e. The van der Waals surface area contributed by atoms with Crippen molar-refractivity contribution in [2.24, 2.45) is 10.7 Å². The zero-order valence-electron chi connectivity index (χ0n) is 16.7. The molecular formula is C19H33N5O3. The van der Waals surface area contributed by atoms with Crippen LogP contribution in [-0.4, -0.2) is 61.7 Å². The molecule has 1 amide bonds. The highest BCUT2D eigenvalue weighted by Gasteiger charge is 2.20. The molecule has 1 aliphatic rings. The van der Waals surface area contributed by atoms with E-state index in [0.717, 1.165) is 51.6 Å². The summed E-state index contributed by atoms with van der Waals surface area (Å²) in [6, 6.07) is 3.69. The first-order chi connectivity index (χ1) is 13.0. The van der Waals surface area contributed by atoms with Gasteiger partial charge in [-0.15, -0.1) is 0 Å². The minimum Gasteiger partial charge on any atom is -0.454 e. The Morgan fingerprint density at radius 1 is 1.41 bits per heavy atom. The Kier molecular flexibility index (Phi) is 8.60. The molecule has 2 rings (SSSR count). The number of amides is 1. The second kappa shape index (κ2) is 10.9. The molecule has 1 aromatic rings. The average Bonchev–Trinajstić information content (AvgIpc) is 3.10. The first-order valence-corrected chi connectivity index (χ1v) is 9.75. The second-order valence-electron chi connectivity index (χ2n) is 7.01. The predicted octanol–water partition coefficient (Wildman–Crippen LogP) is 1.32. The van der Waals surface area contributed by atoms with Gasteiger partial charge in [-0.3, -0.25) is 4.79 Å². The smallest absolute Gasteiger partial charge is 0.284 e. The van der Waals surface area contributed by atoms with Gasteiger partial charge in [0.25, 0.3) is 5.91 Å². The van der Waals surface area contributed by atoms with Gasteiger partial charge in [0.1, 0.15) is 12.3 Å². The number of piperidine rings is 1. The van der Waals surface area contributed by atoms with Gasteiger partial charge in [-0.05, 0) is 45.7 Å². The maximum absolute atomic E-state index is 11.1. The van der Waals surface area contributed by atoms with Gasteiger partial charge in [-0.1, -0.05) is 0 Å². The van der Waals surface area contributed by atoms with Crippen LogP contribution in [0.25, 0.3) is 0 Å². The molecule has 1 fully saturated rings. The van der Waals surface area contributed by atoms with E-state index < -0.39 is 5.91 Å². The summed E-state index contributed by atoms with van der Waals surface area (Å²) in [5, 5.41) is 6.76. The summed E-state index contributed by atoms with van der Waals surface area (Å²) < 4.78 is 11.0. The summed E-state index contributed by atoms with van der Waals surface area (Å²) in [4.78, 5) is 18.1. The van der Waals surface area contributed by atoms with Crippen molar-refractivity contribution >= 4 is 11.9 Å². The Morgan fingerprint density at radius 3 is 2.74 bits per heavy atom. The van der Waals surface area contributed by atoms with E-state index in [2.05, 4.69) is 34.4 Å². The molecule has 27 heavy (non-hydrogen) atoms. The standard InChI is InChI=1S/C19H33N5O3/c1-4-21-19(22-13-16-5-6-17(27-16)18(20)25)23-15-7-9-24(10-8-15)11-12-26-14(2)3/h5-6,14-15H,4,7-13H2,1-3H3,(H2,20,25)(H2,21,22,23). The maximum Gasteiger partial charge on any atom is 0.284 e. The number of aliphatic imine (C=N–C) groups is 1. The molecule has 1 aliphatic heterocycles. The third-order valence-electron chi connectivity index (χ3n) is 4.43. The molecule has 0 unspecified atom stereocenters. The van der Waals surface area contributed by atoms with E-state index in [1.807, 2.05) is 6.92 Å². The second-order valence-corrected chi connectivity index (χ2v) is 7.01. The lowest BCUT2D eigenvalue weighted by Gasteiger charge is -2.33. The summed E-state index contributed by atoms with van der Waals surface area (Å²) >= 11 is 0. The lowest BCUT2D eigenvalue weighted by atomic mass is 10.1. The molecule has 1 aromatic heterocycles. The predicted molar refractivity (Wildman–Crippen MR) is 106 cm³/mol. The number of ether oxygens (including phenoxy) is 1. The molecule has 0 atom stereocenters. The SMILES string of the molecule is CCNC(=NCc1ccc(C(N)=O)o1)NC1CCN(CCOC(C)C)CC1.